The van der Waals surface area contributed by atoms with Crippen LogP contribution >= 0.6 is 0 Å². The van der Waals surface area contributed by atoms with Crippen molar-refractivity contribution in [1.82, 2.24) is 15.4 Å². The topological polar surface area (TPSA) is 77.1 Å². The number of hydrogen-bond donors (Lipinski definition) is 1. The van der Waals surface area contributed by atoms with E-state index in [1.54, 1.807) is 12.1 Å². The van der Waals surface area contributed by atoms with Crippen LogP contribution in [0.4, 0.5) is 0 Å². The lowest BCUT2D eigenvalue weighted by Crippen LogP contribution is -2.16. The Morgan fingerprint density at radius 3 is 2.73 bits per heavy atom. The summed E-state index contributed by atoms with van der Waals surface area (Å²) in [5.41, 5.74) is 0.222. The summed E-state index contributed by atoms with van der Waals surface area (Å²) in [5, 5.41) is 10.0. The summed E-state index contributed by atoms with van der Waals surface area (Å²) in [6.07, 6.45) is 0. The molecule has 2 heterocycles. The number of H-pyrrole nitrogens is 1. The summed E-state index contributed by atoms with van der Waals surface area (Å²) in [5.74, 6) is 1.18. The van der Waals surface area contributed by atoms with Crippen LogP contribution in [0.2, 0.25) is 0 Å². The van der Waals surface area contributed by atoms with Gasteiger partial charge in [-0.1, -0.05) is 5.21 Å². The van der Waals surface area contributed by atoms with Gasteiger partial charge >= 0.3 is 0 Å². The highest BCUT2D eigenvalue weighted by Crippen LogP contribution is 2.32. The minimum absolute atomic E-state index is 0.281. The average molecular weight is 205 g/mol. The van der Waals surface area contributed by atoms with E-state index in [-0.39, 0.29) is 5.56 Å². The molecule has 1 aromatic carbocycles. The van der Waals surface area contributed by atoms with Crippen molar-refractivity contribution in [1.29, 1.82) is 0 Å². The van der Waals surface area contributed by atoms with E-state index >= 15 is 0 Å². The predicted octanol–water partition coefficient (Wildman–Crippen LogP) is 0.0893. The molecule has 0 radical (unpaired) electrons. The Morgan fingerprint density at radius 1 is 1.20 bits per heavy atom. The Hall–Kier alpha value is -2.11. The van der Waals surface area contributed by atoms with Gasteiger partial charge in [0.1, 0.15) is 18.7 Å². The van der Waals surface area contributed by atoms with E-state index < -0.39 is 0 Å². The van der Waals surface area contributed by atoms with E-state index in [2.05, 4.69) is 15.4 Å². The average Bonchev–Trinajstić information content (AvgIpc) is 2.27. The normalized spacial score (nSPS) is 14.1. The van der Waals surface area contributed by atoms with E-state index in [1.165, 1.54) is 0 Å². The molecule has 3 rings (SSSR count). The Bertz CT molecular complexity index is 578. The van der Waals surface area contributed by atoms with Crippen LogP contribution in [0.25, 0.3) is 10.9 Å². The Kier molecular flexibility index (Phi) is 1.61. The van der Waals surface area contributed by atoms with Gasteiger partial charge in [0, 0.05) is 6.07 Å². The largest absolute Gasteiger partial charge is 0.486 e. The molecule has 0 bridgehead atoms. The van der Waals surface area contributed by atoms with E-state index in [1.807, 2.05) is 0 Å². The van der Waals surface area contributed by atoms with Crippen molar-refractivity contribution in [3.63, 3.8) is 0 Å². The second kappa shape index (κ2) is 2.94. The lowest BCUT2D eigenvalue weighted by Gasteiger charge is -2.18. The molecule has 0 fully saturated rings. The van der Waals surface area contributed by atoms with Gasteiger partial charge in [-0.3, -0.25) is 4.79 Å². The molecule has 0 saturated carbocycles. The third-order valence-electron chi connectivity index (χ3n) is 2.21. The lowest BCUT2D eigenvalue weighted by molar-refractivity contribution is 0.172. The van der Waals surface area contributed by atoms with Gasteiger partial charge in [0.15, 0.2) is 11.5 Å². The lowest BCUT2D eigenvalue weighted by atomic mass is 10.2. The molecule has 76 valence electrons. The number of fused-ring (bicyclic) bond motifs is 2. The highest BCUT2D eigenvalue weighted by atomic mass is 16.6. The molecular weight excluding hydrogens is 198 g/mol. The van der Waals surface area contributed by atoms with Crippen LogP contribution in [-0.2, 0) is 0 Å². The number of rotatable bonds is 0. The molecule has 6 heteroatoms. The standard InChI is InChI=1S/C9H7N3O3/c13-9-5-3-7-8(15-2-1-14-7)4-6(5)10-12-11-9/h3-4H,1-2H2,(H,10,11,13). The number of benzene rings is 1. The first-order chi connectivity index (χ1) is 7.34. The zero-order valence-corrected chi connectivity index (χ0v) is 7.69. The molecule has 1 aromatic heterocycles. The van der Waals surface area contributed by atoms with E-state index in [9.17, 15) is 4.79 Å². The molecule has 1 aliphatic heterocycles. The van der Waals surface area contributed by atoms with Crippen LogP contribution in [0.15, 0.2) is 16.9 Å². The second-order valence-corrected chi connectivity index (χ2v) is 3.15. The molecule has 0 unspecified atom stereocenters. The number of hydrogen-bond acceptors (Lipinski definition) is 5. The van der Waals surface area contributed by atoms with Gasteiger partial charge < -0.3 is 9.47 Å². The molecule has 1 N–H and O–H groups in total. The van der Waals surface area contributed by atoms with Gasteiger partial charge in [-0.15, -0.1) is 5.10 Å². The minimum Gasteiger partial charge on any atom is -0.486 e. The molecule has 0 amide bonds. The van der Waals surface area contributed by atoms with Crippen molar-refractivity contribution in [2.75, 3.05) is 13.2 Å². The Morgan fingerprint density at radius 2 is 1.93 bits per heavy atom. The van der Waals surface area contributed by atoms with Crippen molar-refractivity contribution in [3.8, 4) is 11.5 Å². The van der Waals surface area contributed by atoms with Crippen LogP contribution in [0, 0.1) is 0 Å². The summed E-state index contributed by atoms with van der Waals surface area (Å²) >= 11 is 0. The predicted molar refractivity (Wildman–Crippen MR) is 51.1 cm³/mol. The van der Waals surface area contributed by atoms with Crippen LogP contribution in [0.3, 0.4) is 0 Å². The highest BCUT2D eigenvalue weighted by Gasteiger charge is 2.14. The van der Waals surface area contributed by atoms with E-state index in [4.69, 9.17) is 9.47 Å². The van der Waals surface area contributed by atoms with Crippen molar-refractivity contribution in [2.24, 2.45) is 0 Å². The fourth-order valence-corrected chi connectivity index (χ4v) is 1.53. The smallest absolute Gasteiger partial charge is 0.275 e. The minimum atomic E-state index is -0.281. The summed E-state index contributed by atoms with van der Waals surface area (Å²) < 4.78 is 10.7. The second-order valence-electron chi connectivity index (χ2n) is 3.15. The van der Waals surface area contributed by atoms with Crippen LogP contribution in [-0.4, -0.2) is 28.6 Å². The maximum absolute atomic E-state index is 11.4. The molecule has 0 saturated heterocycles. The van der Waals surface area contributed by atoms with Crippen molar-refractivity contribution >= 4 is 10.9 Å². The number of aromatic amines is 1. The van der Waals surface area contributed by atoms with Crippen molar-refractivity contribution in [3.05, 3.63) is 22.5 Å². The van der Waals surface area contributed by atoms with Crippen LogP contribution in [0.5, 0.6) is 11.5 Å². The first kappa shape index (κ1) is 8.22. The van der Waals surface area contributed by atoms with Crippen LogP contribution < -0.4 is 15.0 Å². The molecule has 1 aliphatic rings. The molecule has 6 nitrogen and oxygen atoms in total. The monoisotopic (exact) mass is 205 g/mol. The molecule has 0 aliphatic carbocycles. The molecule has 2 aromatic rings. The first-order valence-corrected chi connectivity index (χ1v) is 4.49. The molecular formula is C9H7N3O3. The van der Waals surface area contributed by atoms with Crippen LogP contribution in [0.1, 0.15) is 0 Å². The zero-order valence-electron chi connectivity index (χ0n) is 7.69. The molecule has 0 atom stereocenters. The van der Waals surface area contributed by atoms with Gasteiger partial charge in [-0.25, -0.2) is 5.10 Å². The Labute approximate surface area is 83.8 Å². The van der Waals surface area contributed by atoms with Gasteiger partial charge in [-0.05, 0) is 6.07 Å². The fourth-order valence-electron chi connectivity index (χ4n) is 1.53. The summed E-state index contributed by atoms with van der Waals surface area (Å²) in [6.45, 7) is 1.00. The maximum Gasteiger partial charge on any atom is 0.275 e. The number of ether oxygens (including phenoxy) is 2. The third-order valence-corrected chi connectivity index (χ3v) is 2.21. The zero-order chi connectivity index (χ0) is 10.3. The van der Waals surface area contributed by atoms with E-state index in [0.29, 0.717) is 35.6 Å². The van der Waals surface area contributed by atoms with E-state index in [0.717, 1.165) is 0 Å². The number of nitrogens with zero attached hydrogens (tertiary/aromatic N) is 2. The maximum atomic E-state index is 11.4. The van der Waals surface area contributed by atoms with Gasteiger partial charge in [-0.2, -0.15) is 0 Å². The molecule has 15 heavy (non-hydrogen) atoms. The van der Waals surface area contributed by atoms with Gasteiger partial charge in [0.2, 0.25) is 0 Å². The van der Waals surface area contributed by atoms with Crippen molar-refractivity contribution in [2.45, 2.75) is 0 Å². The molecule has 0 spiro atoms. The van der Waals surface area contributed by atoms with Crippen molar-refractivity contribution < 1.29 is 9.47 Å². The summed E-state index contributed by atoms with van der Waals surface area (Å²) in [6, 6.07) is 3.28. The summed E-state index contributed by atoms with van der Waals surface area (Å²) in [7, 11) is 0. The first-order valence-electron chi connectivity index (χ1n) is 4.49. The number of aromatic nitrogens is 3. The highest BCUT2D eigenvalue weighted by molar-refractivity contribution is 5.81. The fraction of sp³-hybridized carbons (Fsp3) is 0.222. The SMILES string of the molecule is O=c1[nH]nnc2cc3c(cc12)OCCO3. The van der Waals surface area contributed by atoms with Gasteiger partial charge in [0.25, 0.3) is 5.56 Å². The Balaban J connectivity index is 2.36. The summed E-state index contributed by atoms with van der Waals surface area (Å²) in [4.78, 5) is 11.4. The quantitative estimate of drug-likeness (QED) is 0.659. The third kappa shape index (κ3) is 1.22. The number of nitrogens with one attached hydrogen (secondary N) is 1. The van der Waals surface area contributed by atoms with Gasteiger partial charge in [0.05, 0.1) is 5.39 Å².